The summed E-state index contributed by atoms with van der Waals surface area (Å²) < 4.78 is 1.58. The fourth-order valence-electron chi connectivity index (χ4n) is 2.02. The molecule has 0 aromatic carbocycles. The molecule has 0 amide bonds. The van der Waals surface area contributed by atoms with Crippen molar-refractivity contribution in [2.24, 2.45) is 0 Å². The number of carboxylic acid groups (broad SMARTS) is 1. The Hall–Kier alpha value is -1.36. The highest BCUT2D eigenvalue weighted by molar-refractivity contribution is 5.88. The molecular weight excluding hydrogens is 194 g/mol. The minimum Gasteiger partial charge on any atom is -0.477 e. The normalized spacial score (nSPS) is 15.6. The Balaban J connectivity index is 2.41. The highest BCUT2D eigenvalue weighted by Crippen LogP contribution is 2.25. The quantitative estimate of drug-likeness (QED) is 0.804. The van der Waals surface area contributed by atoms with Crippen molar-refractivity contribution in [3.63, 3.8) is 0 Å². The van der Waals surface area contributed by atoms with Crippen LogP contribution in [-0.2, 0) is 19.6 Å². The molecule has 1 aromatic heterocycles. The van der Waals surface area contributed by atoms with Crippen molar-refractivity contribution in [1.82, 2.24) is 14.7 Å². The van der Waals surface area contributed by atoms with Crippen molar-refractivity contribution in [3.05, 3.63) is 17.0 Å². The third kappa shape index (κ3) is 1.52. The van der Waals surface area contributed by atoms with Crippen molar-refractivity contribution >= 4 is 5.97 Å². The summed E-state index contributed by atoms with van der Waals surface area (Å²) in [5.41, 5.74) is 2.19. The molecule has 82 valence electrons. The van der Waals surface area contributed by atoms with Gasteiger partial charge in [-0.25, -0.2) is 4.79 Å². The summed E-state index contributed by atoms with van der Waals surface area (Å²) in [6, 6.07) is 0. The maximum Gasteiger partial charge on any atom is 0.354 e. The molecule has 0 atom stereocenters. The first-order valence-corrected chi connectivity index (χ1v) is 5.21. The Kier molecular flexibility index (Phi) is 2.48. The summed E-state index contributed by atoms with van der Waals surface area (Å²) in [5.74, 6) is -0.872. The predicted molar refractivity (Wildman–Crippen MR) is 54.6 cm³/mol. The monoisotopic (exact) mass is 209 g/mol. The number of aromatic nitrogens is 2. The standard InChI is InChI=1S/C10H15N3O2/c1-3-12-5-7-8(6-12)11-13(4-2)9(7)10(14)15/h3-6H2,1-2H3,(H,14,15). The molecule has 0 unspecified atom stereocenters. The van der Waals surface area contributed by atoms with E-state index in [-0.39, 0.29) is 0 Å². The lowest BCUT2D eigenvalue weighted by Gasteiger charge is -2.11. The molecule has 0 radical (unpaired) electrons. The summed E-state index contributed by atoms with van der Waals surface area (Å²) in [4.78, 5) is 13.3. The van der Waals surface area contributed by atoms with Gasteiger partial charge in [0.2, 0.25) is 0 Å². The lowest BCUT2D eigenvalue weighted by molar-refractivity contribution is 0.0681. The van der Waals surface area contributed by atoms with E-state index in [9.17, 15) is 4.79 Å². The van der Waals surface area contributed by atoms with Crippen molar-refractivity contribution in [1.29, 1.82) is 0 Å². The van der Waals surface area contributed by atoms with Gasteiger partial charge in [0.15, 0.2) is 5.69 Å². The molecule has 0 saturated carbocycles. The van der Waals surface area contributed by atoms with Crippen LogP contribution in [0.25, 0.3) is 0 Å². The van der Waals surface area contributed by atoms with Crippen molar-refractivity contribution < 1.29 is 9.90 Å². The van der Waals surface area contributed by atoms with Gasteiger partial charge in [-0.2, -0.15) is 5.10 Å². The number of hydrogen-bond donors (Lipinski definition) is 1. The van der Waals surface area contributed by atoms with Gasteiger partial charge in [-0.15, -0.1) is 0 Å². The Morgan fingerprint density at radius 2 is 2.13 bits per heavy atom. The molecule has 2 rings (SSSR count). The van der Waals surface area contributed by atoms with Gasteiger partial charge >= 0.3 is 5.97 Å². The second-order valence-electron chi connectivity index (χ2n) is 3.70. The van der Waals surface area contributed by atoms with Crippen LogP contribution >= 0.6 is 0 Å². The lowest BCUT2D eigenvalue weighted by Crippen LogP contribution is -2.19. The molecule has 1 aliphatic heterocycles. The first-order valence-electron chi connectivity index (χ1n) is 5.21. The second-order valence-corrected chi connectivity index (χ2v) is 3.70. The minimum absolute atomic E-state index is 0.364. The number of nitrogens with zero attached hydrogens (tertiary/aromatic N) is 3. The van der Waals surface area contributed by atoms with Gasteiger partial charge in [0.25, 0.3) is 0 Å². The average molecular weight is 209 g/mol. The molecule has 1 N–H and O–H groups in total. The van der Waals surface area contributed by atoms with Gasteiger partial charge in [-0.1, -0.05) is 6.92 Å². The van der Waals surface area contributed by atoms with E-state index in [4.69, 9.17) is 5.11 Å². The zero-order valence-corrected chi connectivity index (χ0v) is 9.03. The number of carbonyl (C=O) groups is 1. The Morgan fingerprint density at radius 3 is 2.67 bits per heavy atom. The summed E-state index contributed by atoms with van der Waals surface area (Å²) in [6.07, 6.45) is 0. The summed E-state index contributed by atoms with van der Waals surface area (Å²) in [7, 11) is 0. The minimum atomic E-state index is -0.872. The molecule has 2 heterocycles. The largest absolute Gasteiger partial charge is 0.477 e. The van der Waals surface area contributed by atoms with Crippen LogP contribution < -0.4 is 0 Å². The summed E-state index contributed by atoms with van der Waals surface area (Å²) in [5, 5.41) is 13.5. The van der Waals surface area contributed by atoms with E-state index in [1.807, 2.05) is 6.92 Å². The third-order valence-electron chi connectivity index (χ3n) is 2.84. The number of hydrogen-bond acceptors (Lipinski definition) is 3. The second kappa shape index (κ2) is 3.66. The average Bonchev–Trinajstić information content (AvgIpc) is 2.71. The molecular formula is C10H15N3O2. The van der Waals surface area contributed by atoms with Crippen molar-refractivity contribution in [2.45, 2.75) is 33.5 Å². The number of rotatable bonds is 3. The first-order chi connectivity index (χ1) is 7.17. The zero-order valence-electron chi connectivity index (χ0n) is 9.03. The molecule has 0 fully saturated rings. The van der Waals surface area contributed by atoms with Gasteiger partial charge in [-0.05, 0) is 13.5 Å². The van der Waals surface area contributed by atoms with E-state index in [2.05, 4.69) is 16.9 Å². The summed E-state index contributed by atoms with van der Waals surface area (Å²) in [6.45, 7) is 7.02. The van der Waals surface area contributed by atoms with Gasteiger partial charge in [-0.3, -0.25) is 9.58 Å². The molecule has 0 spiro atoms. The molecule has 1 aliphatic rings. The van der Waals surface area contributed by atoms with Crippen LogP contribution in [-0.4, -0.2) is 32.3 Å². The fourth-order valence-corrected chi connectivity index (χ4v) is 2.02. The van der Waals surface area contributed by atoms with Crippen molar-refractivity contribution in [3.8, 4) is 0 Å². The van der Waals surface area contributed by atoms with Crippen LogP contribution in [0.15, 0.2) is 0 Å². The third-order valence-corrected chi connectivity index (χ3v) is 2.84. The number of fused-ring (bicyclic) bond motifs is 1. The predicted octanol–water partition coefficient (Wildman–Crippen LogP) is 0.937. The smallest absolute Gasteiger partial charge is 0.354 e. The number of aromatic carboxylic acids is 1. The Labute approximate surface area is 88.3 Å². The topological polar surface area (TPSA) is 58.4 Å². The maximum absolute atomic E-state index is 11.1. The van der Waals surface area contributed by atoms with E-state index in [1.165, 1.54) is 0 Å². The van der Waals surface area contributed by atoms with E-state index < -0.39 is 5.97 Å². The Bertz CT molecular complexity index is 398. The van der Waals surface area contributed by atoms with Gasteiger partial charge in [0.05, 0.1) is 5.69 Å². The van der Waals surface area contributed by atoms with E-state index in [0.717, 1.165) is 24.3 Å². The first kappa shape index (κ1) is 10.2. The SMILES string of the molecule is CCN1Cc2nn(CC)c(C(=O)O)c2C1. The highest BCUT2D eigenvalue weighted by Gasteiger charge is 2.29. The van der Waals surface area contributed by atoms with Gasteiger partial charge in [0.1, 0.15) is 0 Å². The molecule has 0 saturated heterocycles. The molecule has 5 heteroatoms. The van der Waals surface area contributed by atoms with E-state index in [0.29, 0.717) is 18.8 Å². The molecule has 5 nitrogen and oxygen atoms in total. The van der Waals surface area contributed by atoms with E-state index in [1.54, 1.807) is 4.68 Å². The maximum atomic E-state index is 11.1. The molecule has 15 heavy (non-hydrogen) atoms. The highest BCUT2D eigenvalue weighted by atomic mass is 16.4. The van der Waals surface area contributed by atoms with Crippen LogP contribution in [0.5, 0.6) is 0 Å². The van der Waals surface area contributed by atoms with Gasteiger partial charge < -0.3 is 5.11 Å². The van der Waals surface area contributed by atoms with Crippen LogP contribution in [0.1, 0.15) is 35.6 Å². The van der Waals surface area contributed by atoms with Crippen LogP contribution in [0.4, 0.5) is 0 Å². The Morgan fingerprint density at radius 1 is 1.40 bits per heavy atom. The number of carboxylic acids is 1. The fraction of sp³-hybridized carbons (Fsp3) is 0.600. The zero-order chi connectivity index (χ0) is 11.0. The molecule has 0 bridgehead atoms. The van der Waals surface area contributed by atoms with Crippen LogP contribution in [0, 0.1) is 0 Å². The summed E-state index contributed by atoms with van der Waals surface area (Å²) >= 11 is 0. The van der Waals surface area contributed by atoms with E-state index >= 15 is 0 Å². The lowest BCUT2D eigenvalue weighted by atomic mass is 10.2. The van der Waals surface area contributed by atoms with Crippen molar-refractivity contribution in [2.75, 3.05) is 6.54 Å². The molecule has 1 aromatic rings. The van der Waals surface area contributed by atoms with Gasteiger partial charge in [0, 0.05) is 25.2 Å². The van der Waals surface area contributed by atoms with Crippen LogP contribution in [0.2, 0.25) is 0 Å². The molecule has 0 aliphatic carbocycles. The van der Waals surface area contributed by atoms with Crippen LogP contribution in [0.3, 0.4) is 0 Å². The number of aryl methyl sites for hydroxylation is 1.